The summed E-state index contributed by atoms with van der Waals surface area (Å²) in [5.74, 6) is -0.352. The topological polar surface area (TPSA) is 35.5 Å². The number of nitrogens with one attached hydrogen (secondary N) is 1. The first kappa shape index (κ1) is 15.3. The van der Waals surface area contributed by atoms with E-state index in [0.717, 1.165) is 18.7 Å². The summed E-state index contributed by atoms with van der Waals surface area (Å²) in [6, 6.07) is 5.25. The van der Waals surface area contributed by atoms with Gasteiger partial charge in [0, 0.05) is 36.3 Å². The minimum absolute atomic E-state index is 0.0440. The van der Waals surface area contributed by atoms with Crippen molar-refractivity contribution in [3.63, 3.8) is 0 Å². The Morgan fingerprint density at radius 2 is 2.15 bits per heavy atom. The van der Waals surface area contributed by atoms with Gasteiger partial charge in [-0.15, -0.1) is 0 Å². The highest BCUT2D eigenvalue weighted by Crippen LogP contribution is 2.30. The SMILES string of the molecule is CC(C)N(CC1CCCN1)C(C)c1ccc(F)cc1O. The van der Waals surface area contributed by atoms with Gasteiger partial charge in [0.05, 0.1) is 0 Å². The van der Waals surface area contributed by atoms with Gasteiger partial charge in [-0.3, -0.25) is 4.90 Å². The molecule has 4 heteroatoms. The van der Waals surface area contributed by atoms with E-state index in [1.807, 2.05) is 0 Å². The summed E-state index contributed by atoms with van der Waals surface area (Å²) in [6.45, 7) is 8.43. The van der Waals surface area contributed by atoms with Gasteiger partial charge < -0.3 is 10.4 Å². The van der Waals surface area contributed by atoms with Gasteiger partial charge in [-0.1, -0.05) is 6.07 Å². The predicted octanol–water partition coefficient (Wildman–Crippen LogP) is 3.05. The van der Waals surface area contributed by atoms with Crippen LogP contribution in [-0.4, -0.2) is 35.2 Å². The van der Waals surface area contributed by atoms with Crippen molar-refractivity contribution in [2.24, 2.45) is 0 Å². The van der Waals surface area contributed by atoms with Crippen LogP contribution in [0.1, 0.15) is 45.2 Å². The van der Waals surface area contributed by atoms with Crippen LogP contribution in [0.25, 0.3) is 0 Å². The quantitative estimate of drug-likeness (QED) is 0.870. The number of aromatic hydroxyl groups is 1. The van der Waals surface area contributed by atoms with E-state index < -0.39 is 5.82 Å². The number of hydrogen-bond donors (Lipinski definition) is 2. The lowest BCUT2D eigenvalue weighted by Gasteiger charge is -2.35. The molecular formula is C16H25FN2O. The molecule has 1 fully saturated rings. The van der Waals surface area contributed by atoms with Crippen LogP contribution in [0.4, 0.5) is 4.39 Å². The van der Waals surface area contributed by atoms with Crippen molar-refractivity contribution in [3.8, 4) is 5.75 Å². The molecule has 0 spiro atoms. The van der Waals surface area contributed by atoms with Crippen LogP contribution >= 0.6 is 0 Å². The summed E-state index contributed by atoms with van der Waals surface area (Å²) in [4.78, 5) is 2.36. The van der Waals surface area contributed by atoms with Gasteiger partial charge in [0.2, 0.25) is 0 Å². The van der Waals surface area contributed by atoms with E-state index in [9.17, 15) is 9.50 Å². The van der Waals surface area contributed by atoms with Crippen LogP contribution in [0.15, 0.2) is 18.2 Å². The standard InChI is InChI=1S/C16H25FN2O/c1-11(2)19(10-14-5-4-8-18-14)12(3)15-7-6-13(17)9-16(15)20/h6-7,9,11-12,14,18,20H,4-5,8,10H2,1-3H3. The largest absolute Gasteiger partial charge is 0.508 e. The fourth-order valence-corrected chi connectivity index (χ4v) is 3.03. The minimum Gasteiger partial charge on any atom is -0.508 e. The maximum Gasteiger partial charge on any atom is 0.126 e. The van der Waals surface area contributed by atoms with Gasteiger partial charge in [0.25, 0.3) is 0 Å². The first-order chi connectivity index (χ1) is 9.49. The average Bonchev–Trinajstić information content (AvgIpc) is 2.87. The van der Waals surface area contributed by atoms with Gasteiger partial charge in [-0.25, -0.2) is 4.39 Å². The predicted molar refractivity (Wildman–Crippen MR) is 79.3 cm³/mol. The molecule has 1 aliphatic rings. The smallest absolute Gasteiger partial charge is 0.126 e. The second-order valence-electron chi connectivity index (χ2n) is 5.96. The van der Waals surface area contributed by atoms with Crippen LogP contribution in [0.5, 0.6) is 5.75 Å². The van der Waals surface area contributed by atoms with Gasteiger partial charge in [0.1, 0.15) is 11.6 Å². The first-order valence-electron chi connectivity index (χ1n) is 7.46. The molecule has 1 saturated heterocycles. The molecule has 0 saturated carbocycles. The Balaban J connectivity index is 2.14. The maximum atomic E-state index is 13.1. The third-order valence-electron chi connectivity index (χ3n) is 4.20. The average molecular weight is 280 g/mol. The Bertz CT molecular complexity index is 444. The third kappa shape index (κ3) is 3.49. The molecule has 112 valence electrons. The molecule has 0 bridgehead atoms. The zero-order chi connectivity index (χ0) is 14.7. The maximum absolute atomic E-state index is 13.1. The Morgan fingerprint density at radius 1 is 1.40 bits per heavy atom. The Kier molecular flexibility index (Phi) is 5.00. The van der Waals surface area contributed by atoms with Gasteiger partial charge in [-0.05, 0) is 46.2 Å². The summed E-state index contributed by atoms with van der Waals surface area (Å²) in [6.07, 6.45) is 2.43. The summed E-state index contributed by atoms with van der Waals surface area (Å²) >= 11 is 0. The number of phenols is 1. The van der Waals surface area contributed by atoms with Crippen molar-refractivity contribution >= 4 is 0 Å². The monoisotopic (exact) mass is 280 g/mol. The number of benzene rings is 1. The van der Waals surface area contributed by atoms with E-state index in [1.54, 1.807) is 6.07 Å². The molecule has 1 aliphatic heterocycles. The highest BCUT2D eigenvalue weighted by molar-refractivity contribution is 5.35. The lowest BCUT2D eigenvalue weighted by molar-refractivity contribution is 0.147. The van der Waals surface area contributed by atoms with Gasteiger partial charge in [0.15, 0.2) is 0 Å². The van der Waals surface area contributed by atoms with E-state index in [4.69, 9.17) is 0 Å². The Labute approximate surface area is 120 Å². The molecule has 2 unspecified atom stereocenters. The van der Waals surface area contributed by atoms with Crippen molar-refractivity contribution in [2.45, 2.75) is 51.7 Å². The molecule has 1 heterocycles. The number of phenolic OH excluding ortho intramolecular Hbond substituents is 1. The van der Waals surface area contributed by atoms with Crippen molar-refractivity contribution in [1.82, 2.24) is 10.2 Å². The van der Waals surface area contributed by atoms with E-state index >= 15 is 0 Å². The molecule has 1 aromatic rings. The number of nitrogens with zero attached hydrogens (tertiary/aromatic N) is 1. The molecule has 2 rings (SSSR count). The van der Waals surface area contributed by atoms with E-state index in [0.29, 0.717) is 12.1 Å². The summed E-state index contributed by atoms with van der Waals surface area (Å²) in [5.41, 5.74) is 0.790. The fourth-order valence-electron chi connectivity index (χ4n) is 3.03. The van der Waals surface area contributed by atoms with Crippen LogP contribution in [0.3, 0.4) is 0 Å². The van der Waals surface area contributed by atoms with E-state index in [1.165, 1.54) is 25.0 Å². The van der Waals surface area contributed by atoms with Crippen molar-refractivity contribution in [2.75, 3.05) is 13.1 Å². The molecule has 3 nitrogen and oxygen atoms in total. The van der Waals surface area contributed by atoms with Crippen molar-refractivity contribution in [1.29, 1.82) is 0 Å². The Hall–Kier alpha value is -1.13. The third-order valence-corrected chi connectivity index (χ3v) is 4.20. The number of halogens is 1. The number of rotatable bonds is 5. The highest BCUT2D eigenvalue weighted by atomic mass is 19.1. The van der Waals surface area contributed by atoms with Gasteiger partial charge in [-0.2, -0.15) is 0 Å². The van der Waals surface area contributed by atoms with Crippen molar-refractivity contribution in [3.05, 3.63) is 29.6 Å². The van der Waals surface area contributed by atoms with Crippen molar-refractivity contribution < 1.29 is 9.50 Å². The normalized spacial score (nSPS) is 20.8. The molecule has 20 heavy (non-hydrogen) atoms. The summed E-state index contributed by atoms with van der Waals surface area (Å²) < 4.78 is 13.1. The highest BCUT2D eigenvalue weighted by Gasteiger charge is 2.25. The van der Waals surface area contributed by atoms with Crippen LogP contribution < -0.4 is 5.32 Å². The molecular weight excluding hydrogens is 255 g/mol. The Morgan fingerprint density at radius 3 is 2.70 bits per heavy atom. The fraction of sp³-hybridized carbons (Fsp3) is 0.625. The first-order valence-corrected chi connectivity index (χ1v) is 7.46. The molecule has 0 aliphatic carbocycles. The molecule has 0 amide bonds. The lowest BCUT2D eigenvalue weighted by atomic mass is 10.0. The molecule has 2 N–H and O–H groups in total. The van der Waals surface area contributed by atoms with Crippen LogP contribution in [0, 0.1) is 5.82 Å². The van der Waals surface area contributed by atoms with E-state index in [-0.39, 0.29) is 11.8 Å². The van der Waals surface area contributed by atoms with Gasteiger partial charge >= 0.3 is 0 Å². The van der Waals surface area contributed by atoms with Crippen LogP contribution in [-0.2, 0) is 0 Å². The zero-order valence-corrected chi connectivity index (χ0v) is 12.6. The molecule has 1 aromatic carbocycles. The van der Waals surface area contributed by atoms with Crippen LogP contribution in [0.2, 0.25) is 0 Å². The second kappa shape index (κ2) is 6.55. The summed E-state index contributed by atoms with van der Waals surface area (Å²) in [7, 11) is 0. The lowest BCUT2D eigenvalue weighted by Crippen LogP contribution is -2.42. The van der Waals surface area contributed by atoms with E-state index in [2.05, 4.69) is 31.0 Å². The zero-order valence-electron chi connectivity index (χ0n) is 12.6. The number of hydrogen-bond acceptors (Lipinski definition) is 3. The second-order valence-corrected chi connectivity index (χ2v) is 5.96. The minimum atomic E-state index is -0.396. The molecule has 0 aromatic heterocycles. The molecule has 0 radical (unpaired) electrons. The molecule has 2 atom stereocenters. The summed E-state index contributed by atoms with van der Waals surface area (Å²) in [5, 5.41) is 13.5.